The molecule has 0 unspecified atom stereocenters. The molecular weight excluding hydrogens is 314 g/mol. The number of hydrazone groups is 1. The molecule has 2 N–H and O–H groups in total. The molecule has 0 amide bonds. The van der Waals surface area contributed by atoms with Gasteiger partial charge in [0, 0.05) is 19.2 Å². The van der Waals surface area contributed by atoms with Crippen LogP contribution in [0.1, 0.15) is 26.3 Å². The minimum Gasteiger partial charge on any atom is -0.494 e. The first-order valence-corrected chi connectivity index (χ1v) is 8.00. The van der Waals surface area contributed by atoms with Crippen molar-refractivity contribution in [1.82, 2.24) is 10.7 Å². The van der Waals surface area contributed by atoms with E-state index in [1.807, 2.05) is 39.0 Å². The number of ether oxygens (including phenoxy) is 3. The molecule has 0 heterocycles. The quantitative estimate of drug-likeness (QED) is 0.312. The van der Waals surface area contributed by atoms with Gasteiger partial charge in [0.25, 0.3) is 0 Å². The number of rotatable bonds is 9. The summed E-state index contributed by atoms with van der Waals surface area (Å²) in [6.45, 7) is 8.17. The average molecular weight is 339 g/mol. The number of thiocarbonyl (C=S) groups is 1. The van der Waals surface area contributed by atoms with Crippen LogP contribution in [0.4, 0.5) is 0 Å². The smallest absolute Gasteiger partial charge is 0.187 e. The number of nitrogens with zero attached hydrogens (tertiary/aromatic N) is 1. The molecule has 0 bridgehead atoms. The van der Waals surface area contributed by atoms with Crippen molar-refractivity contribution in [3.63, 3.8) is 0 Å². The highest BCUT2D eigenvalue weighted by Gasteiger charge is 2.09. The van der Waals surface area contributed by atoms with Crippen LogP contribution in [0.5, 0.6) is 11.5 Å². The van der Waals surface area contributed by atoms with E-state index in [1.54, 1.807) is 7.11 Å². The predicted molar refractivity (Wildman–Crippen MR) is 96.6 cm³/mol. The lowest BCUT2D eigenvalue weighted by molar-refractivity contribution is 0.204. The van der Waals surface area contributed by atoms with Crippen molar-refractivity contribution < 1.29 is 14.2 Å². The van der Waals surface area contributed by atoms with Crippen molar-refractivity contribution in [2.45, 2.75) is 20.8 Å². The molecule has 23 heavy (non-hydrogen) atoms. The summed E-state index contributed by atoms with van der Waals surface area (Å²) in [4.78, 5) is 0. The maximum atomic E-state index is 5.65. The highest BCUT2D eigenvalue weighted by atomic mass is 32.1. The predicted octanol–water partition coefficient (Wildman–Crippen LogP) is 2.32. The van der Waals surface area contributed by atoms with Crippen LogP contribution >= 0.6 is 12.2 Å². The molecule has 0 spiro atoms. The Bertz CT molecular complexity index is 535. The molecule has 1 aromatic rings. The standard InChI is InChI=1S/C16H25N3O3S/c1-5-21-13-7-8-15(22-6-2)14(11-13)12(3)18-19-16(23)17-9-10-20-4/h7-8,11H,5-6,9-10H2,1-4H3,(H2,17,19,23)/b18-12-. The lowest BCUT2D eigenvalue weighted by Gasteiger charge is -2.13. The first-order valence-electron chi connectivity index (χ1n) is 7.59. The first-order chi connectivity index (χ1) is 11.1. The Hall–Kier alpha value is -1.86. The number of nitrogens with one attached hydrogen (secondary N) is 2. The number of methoxy groups -OCH3 is 1. The fourth-order valence-corrected chi connectivity index (χ4v) is 1.98. The van der Waals surface area contributed by atoms with Crippen LogP contribution in [-0.4, -0.2) is 44.3 Å². The van der Waals surface area contributed by atoms with Crippen LogP contribution < -0.4 is 20.2 Å². The molecule has 0 atom stereocenters. The fraction of sp³-hybridized carbons (Fsp3) is 0.500. The molecule has 1 rings (SSSR count). The largest absolute Gasteiger partial charge is 0.494 e. The highest BCUT2D eigenvalue weighted by molar-refractivity contribution is 7.80. The highest BCUT2D eigenvalue weighted by Crippen LogP contribution is 2.25. The van der Waals surface area contributed by atoms with Crippen LogP contribution in [0.3, 0.4) is 0 Å². The number of hydrogen-bond acceptors (Lipinski definition) is 5. The van der Waals surface area contributed by atoms with Crippen molar-refractivity contribution in [2.75, 3.05) is 33.5 Å². The van der Waals surface area contributed by atoms with Crippen molar-refractivity contribution in [2.24, 2.45) is 5.10 Å². The fourth-order valence-electron chi connectivity index (χ4n) is 1.83. The molecule has 7 heteroatoms. The van der Waals surface area contributed by atoms with Gasteiger partial charge in [0.2, 0.25) is 0 Å². The lowest BCUT2D eigenvalue weighted by atomic mass is 10.1. The van der Waals surface area contributed by atoms with Gasteiger partial charge in [0.15, 0.2) is 5.11 Å². The molecule has 0 aliphatic carbocycles. The zero-order valence-electron chi connectivity index (χ0n) is 14.1. The third kappa shape index (κ3) is 6.83. The second kappa shape index (κ2) is 10.8. The Balaban J connectivity index is 2.82. The van der Waals surface area contributed by atoms with E-state index in [9.17, 15) is 0 Å². The summed E-state index contributed by atoms with van der Waals surface area (Å²) in [6.07, 6.45) is 0. The Morgan fingerprint density at radius 1 is 1.22 bits per heavy atom. The molecule has 6 nitrogen and oxygen atoms in total. The zero-order chi connectivity index (χ0) is 17.1. The second-order valence-corrected chi connectivity index (χ2v) is 4.99. The van der Waals surface area contributed by atoms with E-state index >= 15 is 0 Å². The third-order valence-electron chi connectivity index (χ3n) is 2.87. The maximum Gasteiger partial charge on any atom is 0.187 e. The summed E-state index contributed by atoms with van der Waals surface area (Å²) in [7, 11) is 1.64. The summed E-state index contributed by atoms with van der Waals surface area (Å²) in [5.74, 6) is 1.54. The Morgan fingerprint density at radius 2 is 1.96 bits per heavy atom. The van der Waals surface area contributed by atoms with Crippen LogP contribution in [-0.2, 0) is 4.74 Å². The van der Waals surface area contributed by atoms with Gasteiger partial charge in [-0.15, -0.1) is 0 Å². The molecular formula is C16H25N3O3S. The molecule has 0 aliphatic heterocycles. The van der Waals surface area contributed by atoms with E-state index in [4.69, 9.17) is 26.4 Å². The average Bonchev–Trinajstić information content (AvgIpc) is 2.55. The molecule has 0 aromatic heterocycles. The normalized spacial score (nSPS) is 11.0. The number of hydrogen-bond donors (Lipinski definition) is 2. The van der Waals surface area contributed by atoms with Gasteiger partial charge in [-0.25, -0.2) is 0 Å². The maximum absolute atomic E-state index is 5.65. The summed E-state index contributed by atoms with van der Waals surface area (Å²) in [6, 6.07) is 5.68. The van der Waals surface area contributed by atoms with Crippen LogP contribution in [0, 0.1) is 0 Å². The molecule has 0 radical (unpaired) electrons. The molecule has 0 saturated heterocycles. The Morgan fingerprint density at radius 3 is 2.61 bits per heavy atom. The number of benzene rings is 1. The summed E-state index contributed by atoms with van der Waals surface area (Å²) < 4.78 is 16.1. The van der Waals surface area contributed by atoms with Gasteiger partial charge in [-0.2, -0.15) is 5.10 Å². The zero-order valence-corrected chi connectivity index (χ0v) is 15.0. The summed E-state index contributed by atoms with van der Waals surface area (Å²) in [5.41, 5.74) is 4.44. The van der Waals surface area contributed by atoms with Crippen molar-refractivity contribution in [3.05, 3.63) is 23.8 Å². The van der Waals surface area contributed by atoms with Crippen molar-refractivity contribution in [1.29, 1.82) is 0 Å². The van der Waals surface area contributed by atoms with Crippen LogP contribution in [0.2, 0.25) is 0 Å². The Kier molecular flexibility index (Phi) is 9.01. The minimum atomic E-state index is 0.445. The van der Waals surface area contributed by atoms with E-state index in [0.717, 1.165) is 22.8 Å². The van der Waals surface area contributed by atoms with Crippen LogP contribution in [0.25, 0.3) is 0 Å². The topological polar surface area (TPSA) is 64.1 Å². The minimum absolute atomic E-state index is 0.445. The molecule has 0 saturated carbocycles. The van der Waals surface area contributed by atoms with Gasteiger partial charge in [-0.1, -0.05) is 0 Å². The molecule has 0 aliphatic rings. The Labute approximate surface area is 143 Å². The summed E-state index contributed by atoms with van der Waals surface area (Å²) >= 11 is 5.15. The van der Waals surface area contributed by atoms with Crippen molar-refractivity contribution >= 4 is 23.0 Å². The monoisotopic (exact) mass is 339 g/mol. The first kappa shape index (κ1) is 19.2. The van der Waals surface area contributed by atoms with E-state index in [2.05, 4.69) is 15.8 Å². The van der Waals surface area contributed by atoms with Gasteiger partial charge in [-0.05, 0) is 51.2 Å². The molecule has 1 aromatic carbocycles. The SMILES string of the molecule is CCOc1ccc(OCC)c(/C(C)=N\NC(=S)NCCOC)c1. The van der Waals surface area contributed by atoms with E-state index < -0.39 is 0 Å². The van der Waals surface area contributed by atoms with Crippen molar-refractivity contribution in [3.8, 4) is 11.5 Å². The molecule has 128 valence electrons. The second-order valence-electron chi connectivity index (χ2n) is 4.58. The van der Waals surface area contributed by atoms with E-state index in [0.29, 0.717) is 31.5 Å². The van der Waals surface area contributed by atoms with E-state index in [-0.39, 0.29) is 0 Å². The third-order valence-corrected chi connectivity index (χ3v) is 3.10. The van der Waals surface area contributed by atoms with Gasteiger partial charge in [0.05, 0.1) is 25.5 Å². The lowest BCUT2D eigenvalue weighted by Crippen LogP contribution is -2.34. The summed E-state index contributed by atoms with van der Waals surface area (Å²) in [5, 5.41) is 7.74. The van der Waals surface area contributed by atoms with E-state index in [1.165, 1.54) is 0 Å². The van der Waals surface area contributed by atoms with Gasteiger partial charge in [-0.3, -0.25) is 5.43 Å². The van der Waals surface area contributed by atoms with Crippen LogP contribution in [0.15, 0.2) is 23.3 Å². The van der Waals surface area contributed by atoms with Gasteiger partial charge in [0.1, 0.15) is 11.5 Å². The molecule has 0 fully saturated rings. The van der Waals surface area contributed by atoms with Gasteiger partial charge >= 0.3 is 0 Å². The van der Waals surface area contributed by atoms with Gasteiger partial charge < -0.3 is 19.5 Å².